The van der Waals surface area contributed by atoms with E-state index in [0.717, 1.165) is 0 Å². The zero-order chi connectivity index (χ0) is 20.0. The van der Waals surface area contributed by atoms with Crippen molar-refractivity contribution in [3.8, 4) is 5.75 Å². The molecule has 4 N–H and O–H groups in total. The second kappa shape index (κ2) is 6.67. The number of anilines is 1. The van der Waals surface area contributed by atoms with E-state index in [9.17, 15) is 14.7 Å². The molecular weight excluding hydrogens is 378 g/mol. The van der Waals surface area contributed by atoms with Gasteiger partial charge in [0.1, 0.15) is 5.75 Å². The van der Waals surface area contributed by atoms with E-state index in [2.05, 4.69) is 4.98 Å². The van der Waals surface area contributed by atoms with Crippen molar-refractivity contribution in [2.75, 3.05) is 12.1 Å². The highest BCUT2D eigenvalue weighted by Gasteiger charge is 2.19. The van der Waals surface area contributed by atoms with Gasteiger partial charge in [0.15, 0.2) is 11.2 Å². The Balaban J connectivity index is 2.02. The number of aromatic amines is 1. The van der Waals surface area contributed by atoms with Crippen LogP contribution in [0, 0.1) is 0 Å². The topological polar surface area (TPSA) is 99.4 Å². The number of H-pyrrole nitrogens is 1. The van der Waals surface area contributed by atoms with E-state index < -0.39 is 0 Å². The highest BCUT2D eigenvalue weighted by molar-refractivity contribution is 6.31. The van der Waals surface area contributed by atoms with Crippen LogP contribution in [0.5, 0.6) is 5.75 Å². The van der Waals surface area contributed by atoms with Gasteiger partial charge in [-0.05, 0) is 42.5 Å². The van der Waals surface area contributed by atoms with Gasteiger partial charge in [0.25, 0.3) is 0 Å². The number of hydrogen-bond donors (Lipinski definition) is 3. The molecule has 28 heavy (non-hydrogen) atoms. The third kappa shape index (κ3) is 2.98. The number of rotatable bonds is 3. The standard InChI is InChI=1S/C21H16ClN3O3/c1-25(23)19-10-15-18(24-17-6-5-13(26)8-14(17)21(15)28)9-16(19)20(27)11-3-2-4-12(22)7-11/h2-10,26H,23H2,1H3,(H,24,28). The lowest BCUT2D eigenvalue weighted by Gasteiger charge is -2.18. The molecule has 1 heterocycles. The molecule has 6 nitrogen and oxygen atoms in total. The first-order valence-corrected chi connectivity index (χ1v) is 8.84. The maximum atomic E-state index is 13.1. The molecule has 0 aliphatic rings. The van der Waals surface area contributed by atoms with Crippen LogP contribution in [-0.4, -0.2) is 22.9 Å². The van der Waals surface area contributed by atoms with E-state index in [-0.39, 0.29) is 17.0 Å². The van der Waals surface area contributed by atoms with Crippen LogP contribution in [0.3, 0.4) is 0 Å². The fourth-order valence-corrected chi connectivity index (χ4v) is 3.45. The van der Waals surface area contributed by atoms with Crippen molar-refractivity contribution < 1.29 is 9.90 Å². The molecule has 0 saturated carbocycles. The summed E-state index contributed by atoms with van der Waals surface area (Å²) in [7, 11) is 1.59. The molecule has 4 rings (SSSR count). The molecular formula is C21H16ClN3O3. The van der Waals surface area contributed by atoms with Crippen LogP contribution in [-0.2, 0) is 0 Å². The second-order valence-corrected chi connectivity index (χ2v) is 6.99. The quantitative estimate of drug-likeness (QED) is 0.214. The number of fused-ring (bicyclic) bond motifs is 2. The van der Waals surface area contributed by atoms with Crippen LogP contribution in [0.4, 0.5) is 5.69 Å². The Kier molecular flexibility index (Phi) is 4.30. The first-order chi connectivity index (χ1) is 13.3. The predicted octanol–water partition coefficient (Wildman–Crippen LogP) is 3.58. The Labute approximate surface area is 164 Å². The number of pyridine rings is 1. The molecule has 7 heteroatoms. The van der Waals surface area contributed by atoms with Crippen LogP contribution in [0.2, 0.25) is 5.02 Å². The fourth-order valence-electron chi connectivity index (χ4n) is 3.26. The van der Waals surface area contributed by atoms with Crippen molar-refractivity contribution >= 4 is 44.9 Å². The van der Waals surface area contributed by atoms with E-state index in [1.54, 1.807) is 49.5 Å². The zero-order valence-corrected chi connectivity index (χ0v) is 15.6. The Hall–Kier alpha value is -3.35. The number of nitrogens with two attached hydrogens (primary N) is 1. The summed E-state index contributed by atoms with van der Waals surface area (Å²) in [6, 6.07) is 14.4. The molecule has 3 aromatic carbocycles. The highest BCUT2D eigenvalue weighted by atomic mass is 35.5. The van der Waals surface area contributed by atoms with Crippen LogP contribution in [0.15, 0.2) is 59.4 Å². The Morgan fingerprint density at radius 3 is 2.54 bits per heavy atom. The molecule has 0 saturated heterocycles. The summed E-state index contributed by atoms with van der Waals surface area (Å²) >= 11 is 6.02. The number of nitrogens with zero attached hydrogens (tertiary/aromatic N) is 1. The molecule has 0 unspecified atom stereocenters. The van der Waals surface area contributed by atoms with E-state index in [0.29, 0.717) is 43.6 Å². The fraction of sp³-hybridized carbons (Fsp3) is 0.0476. The molecule has 0 spiro atoms. The van der Waals surface area contributed by atoms with Gasteiger partial charge in [-0.25, -0.2) is 5.84 Å². The van der Waals surface area contributed by atoms with Crippen molar-refractivity contribution in [3.63, 3.8) is 0 Å². The van der Waals surface area contributed by atoms with Gasteiger partial charge in [-0.1, -0.05) is 23.7 Å². The number of phenols is 1. The van der Waals surface area contributed by atoms with Gasteiger partial charge in [-0.15, -0.1) is 0 Å². The summed E-state index contributed by atoms with van der Waals surface area (Å²) in [4.78, 5) is 29.2. The van der Waals surface area contributed by atoms with E-state index in [1.165, 1.54) is 17.1 Å². The zero-order valence-electron chi connectivity index (χ0n) is 14.9. The number of ketones is 1. The molecule has 0 bridgehead atoms. The number of phenolic OH excluding ortho intramolecular Hbond substituents is 1. The van der Waals surface area contributed by atoms with E-state index in [1.807, 2.05) is 0 Å². The minimum atomic E-state index is -0.261. The van der Waals surface area contributed by atoms with Crippen molar-refractivity contribution in [1.82, 2.24) is 4.98 Å². The number of aromatic nitrogens is 1. The minimum absolute atomic E-state index is 0.00118. The van der Waals surface area contributed by atoms with Gasteiger partial charge in [0, 0.05) is 34.0 Å². The Morgan fingerprint density at radius 2 is 1.82 bits per heavy atom. The van der Waals surface area contributed by atoms with Gasteiger partial charge in [0.2, 0.25) is 0 Å². The number of aromatic hydroxyl groups is 1. The van der Waals surface area contributed by atoms with Gasteiger partial charge in [-0.3, -0.25) is 9.59 Å². The Bertz CT molecular complexity index is 1310. The van der Waals surface area contributed by atoms with Crippen LogP contribution < -0.4 is 16.3 Å². The van der Waals surface area contributed by atoms with Crippen molar-refractivity contribution in [2.45, 2.75) is 0 Å². The number of halogens is 1. The summed E-state index contributed by atoms with van der Waals surface area (Å²) in [5, 5.41) is 12.2. The molecule has 0 amide bonds. The molecule has 0 fully saturated rings. The largest absolute Gasteiger partial charge is 0.508 e. The molecule has 0 atom stereocenters. The average molecular weight is 394 g/mol. The van der Waals surface area contributed by atoms with Crippen molar-refractivity contribution in [2.24, 2.45) is 5.84 Å². The van der Waals surface area contributed by atoms with Crippen LogP contribution in [0.25, 0.3) is 21.8 Å². The summed E-state index contributed by atoms with van der Waals surface area (Å²) in [5.74, 6) is 5.68. The van der Waals surface area contributed by atoms with E-state index in [4.69, 9.17) is 17.4 Å². The molecule has 1 aromatic heterocycles. The summed E-state index contributed by atoms with van der Waals surface area (Å²) in [6.07, 6.45) is 0. The summed E-state index contributed by atoms with van der Waals surface area (Å²) in [5.41, 5.74) is 1.97. The normalized spacial score (nSPS) is 11.1. The lowest BCUT2D eigenvalue weighted by molar-refractivity contribution is 0.103. The summed E-state index contributed by atoms with van der Waals surface area (Å²) in [6.45, 7) is 0. The lowest BCUT2D eigenvalue weighted by Crippen LogP contribution is -2.27. The smallest absolute Gasteiger partial charge is 0.197 e. The molecule has 0 aliphatic heterocycles. The van der Waals surface area contributed by atoms with Gasteiger partial charge >= 0.3 is 0 Å². The number of hydrazine groups is 1. The minimum Gasteiger partial charge on any atom is -0.508 e. The number of hydrogen-bond acceptors (Lipinski definition) is 5. The maximum Gasteiger partial charge on any atom is 0.197 e. The van der Waals surface area contributed by atoms with Gasteiger partial charge in [-0.2, -0.15) is 0 Å². The average Bonchev–Trinajstić information content (AvgIpc) is 2.67. The number of nitrogens with one attached hydrogen (secondary N) is 1. The Morgan fingerprint density at radius 1 is 1.07 bits per heavy atom. The third-order valence-corrected chi connectivity index (χ3v) is 4.84. The van der Waals surface area contributed by atoms with Gasteiger partial charge < -0.3 is 15.1 Å². The van der Waals surface area contributed by atoms with E-state index >= 15 is 0 Å². The SMILES string of the molecule is CN(N)c1cc2c(=O)c3cc(O)ccc3[nH]c2cc1C(=O)c1cccc(Cl)c1. The summed E-state index contributed by atoms with van der Waals surface area (Å²) < 4.78 is 0. The monoisotopic (exact) mass is 393 g/mol. The number of carbonyl (C=O) groups is 1. The second-order valence-electron chi connectivity index (χ2n) is 6.55. The van der Waals surface area contributed by atoms with Crippen LogP contribution >= 0.6 is 11.6 Å². The molecule has 0 radical (unpaired) electrons. The predicted molar refractivity (Wildman–Crippen MR) is 111 cm³/mol. The maximum absolute atomic E-state index is 13.1. The first kappa shape index (κ1) is 18.0. The number of benzene rings is 3. The van der Waals surface area contributed by atoms with Crippen molar-refractivity contribution in [3.05, 3.63) is 81.0 Å². The van der Waals surface area contributed by atoms with Crippen molar-refractivity contribution in [1.29, 1.82) is 0 Å². The lowest BCUT2D eigenvalue weighted by atomic mass is 9.98. The number of carbonyl (C=O) groups excluding carboxylic acids is 1. The van der Waals surface area contributed by atoms with Crippen LogP contribution in [0.1, 0.15) is 15.9 Å². The molecule has 140 valence electrons. The highest BCUT2D eigenvalue weighted by Crippen LogP contribution is 2.28. The first-order valence-electron chi connectivity index (χ1n) is 8.46. The third-order valence-electron chi connectivity index (χ3n) is 4.61. The van der Waals surface area contributed by atoms with Gasteiger partial charge in [0.05, 0.1) is 16.7 Å². The molecule has 4 aromatic rings. The molecule has 0 aliphatic carbocycles.